The SMILES string of the molecule is O=C(c1ccc(N2CCN(Cc3ccc4c(c3)OCO4)CC2)cc1)C1CC1. The largest absolute Gasteiger partial charge is 0.454 e. The van der Waals surface area contributed by atoms with Crippen LogP contribution in [0.1, 0.15) is 28.8 Å². The molecule has 0 amide bonds. The molecule has 5 rings (SSSR count). The van der Waals surface area contributed by atoms with Crippen molar-refractivity contribution in [2.45, 2.75) is 19.4 Å². The van der Waals surface area contributed by atoms with Gasteiger partial charge in [-0.05, 0) is 54.8 Å². The van der Waals surface area contributed by atoms with Crippen LogP contribution in [0, 0.1) is 5.92 Å². The average molecular weight is 364 g/mol. The molecule has 1 saturated carbocycles. The van der Waals surface area contributed by atoms with Gasteiger partial charge in [0.25, 0.3) is 0 Å². The third-order valence-corrected chi connectivity index (χ3v) is 5.68. The van der Waals surface area contributed by atoms with E-state index >= 15 is 0 Å². The molecule has 0 radical (unpaired) electrons. The second-order valence-corrected chi connectivity index (χ2v) is 7.64. The van der Waals surface area contributed by atoms with Crippen molar-refractivity contribution in [3.63, 3.8) is 0 Å². The summed E-state index contributed by atoms with van der Waals surface area (Å²) in [6, 6.07) is 14.4. The van der Waals surface area contributed by atoms with Crippen LogP contribution in [0.5, 0.6) is 11.5 Å². The number of ketones is 1. The summed E-state index contributed by atoms with van der Waals surface area (Å²) in [6.45, 7) is 5.30. The average Bonchev–Trinajstić information content (AvgIpc) is 3.46. The van der Waals surface area contributed by atoms with Crippen molar-refractivity contribution < 1.29 is 14.3 Å². The topological polar surface area (TPSA) is 42.0 Å². The van der Waals surface area contributed by atoms with Crippen molar-refractivity contribution >= 4 is 11.5 Å². The highest BCUT2D eigenvalue weighted by atomic mass is 16.7. The van der Waals surface area contributed by atoms with E-state index in [1.165, 1.54) is 11.3 Å². The van der Waals surface area contributed by atoms with Gasteiger partial charge in [-0.2, -0.15) is 0 Å². The molecule has 2 aliphatic heterocycles. The van der Waals surface area contributed by atoms with Crippen LogP contribution in [0.15, 0.2) is 42.5 Å². The highest BCUT2D eigenvalue weighted by Crippen LogP contribution is 2.34. The summed E-state index contributed by atoms with van der Waals surface area (Å²) >= 11 is 0. The molecule has 0 atom stereocenters. The highest BCUT2D eigenvalue weighted by molar-refractivity contribution is 5.99. The van der Waals surface area contributed by atoms with Crippen molar-refractivity contribution in [1.29, 1.82) is 0 Å². The maximum Gasteiger partial charge on any atom is 0.231 e. The van der Waals surface area contributed by atoms with E-state index in [4.69, 9.17) is 9.47 Å². The van der Waals surface area contributed by atoms with Gasteiger partial charge in [0.1, 0.15) is 0 Å². The molecular weight excluding hydrogens is 340 g/mol. The number of rotatable bonds is 5. The number of ether oxygens (including phenoxy) is 2. The van der Waals surface area contributed by atoms with E-state index in [-0.39, 0.29) is 5.92 Å². The Kier molecular flexibility index (Phi) is 4.24. The lowest BCUT2D eigenvalue weighted by atomic mass is 10.1. The van der Waals surface area contributed by atoms with Crippen LogP contribution in [-0.4, -0.2) is 43.7 Å². The molecule has 0 aromatic heterocycles. The zero-order chi connectivity index (χ0) is 18.2. The van der Waals surface area contributed by atoms with Crippen LogP contribution < -0.4 is 14.4 Å². The number of benzene rings is 2. The first-order valence-corrected chi connectivity index (χ1v) is 9.76. The minimum absolute atomic E-state index is 0.288. The fourth-order valence-electron chi connectivity index (χ4n) is 3.88. The van der Waals surface area contributed by atoms with Crippen molar-refractivity contribution in [3.8, 4) is 11.5 Å². The summed E-state index contributed by atoms with van der Waals surface area (Å²) in [7, 11) is 0. The Bertz CT molecular complexity index is 837. The van der Waals surface area contributed by atoms with Gasteiger partial charge in [0.2, 0.25) is 6.79 Å². The first kappa shape index (κ1) is 16.6. The molecule has 0 unspecified atom stereocenters. The number of carbonyl (C=O) groups is 1. The minimum Gasteiger partial charge on any atom is -0.454 e. The van der Waals surface area contributed by atoms with Crippen LogP contribution in [0.2, 0.25) is 0 Å². The van der Waals surface area contributed by atoms with Gasteiger partial charge < -0.3 is 14.4 Å². The Balaban J connectivity index is 1.17. The number of hydrogen-bond acceptors (Lipinski definition) is 5. The summed E-state index contributed by atoms with van der Waals surface area (Å²) in [5, 5.41) is 0. The number of Topliss-reactive ketones (excluding diaryl/α,β-unsaturated/α-hetero) is 1. The molecule has 27 heavy (non-hydrogen) atoms. The van der Waals surface area contributed by atoms with Gasteiger partial charge in [-0.15, -0.1) is 0 Å². The third kappa shape index (κ3) is 3.52. The third-order valence-electron chi connectivity index (χ3n) is 5.68. The molecular formula is C22H24N2O3. The van der Waals surface area contributed by atoms with Gasteiger partial charge in [0.15, 0.2) is 17.3 Å². The van der Waals surface area contributed by atoms with Gasteiger partial charge in [0, 0.05) is 49.9 Å². The zero-order valence-electron chi connectivity index (χ0n) is 15.4. The van der Waals surface area contributed by atoms with E-state index in [2.05, 4.69) is 34.1 Å². The monoisotopic (exact) mass is 364 g/mol. The normalized spacial score (nSPS) is 19.3. The Morgan fingerprint density at radius 1 is 0.926 bits per heavy atom. The van der Waals surface area contributed by atoms with Crippen LogP contribution >= 0.6 is 0 Å². The lowest BCUT2D eigenvalue weighted by molar-refractivity contribution is 0.0967. The van der Waals surface area contributed by atoms with Crippen molar-refractivity contribution in [1.82, 2.24) is 4.90 Å². The van der Waals surface area contributed by atoms with E-state index in [0.717, 1.165) is 62.6 Å². The Morgan fingerprint density at radius 3 is 2.41 bits per heavy atom. The van der Waals surface area contributed by atoms with Gasteiger partial charge in [-0.1, -0.05) is 6.07 Å². The van der Waals surface area contributed by atoms with Crippen molar-refractivity contribution in [2.75, 3.05) is 37.9 Å². The molecule has 2 fully saturated rings. The fourth-order valence-corrected chi connectivity index (χ4v) is 3.88. The van der Waals surface area contributed by atoms with Crippen LogP contribution in [0.3, 0.4) is 0 Å². The van der Waals surface area contributed by atoms with Crippen molar-refractivity contribution in [2.24, 2.45) is 5.92 Å². The molecule has 5 heteroatoms. The number of carbonyl (C=O) groups excluding carboxylic acids is 1. The fraction of sp³-hybridized carbons (Fsp3) is 0.409. The van der Waals surface area contributed by atoms with Gasteiger partial charge >= 0.3 is 0 Å². The predicted octanol–water partition coefficient (Wildman–Crippen LogP) is 3.33. The maximum atomic E-state index is 12.1. The Labute approximate surface area is 159 Å². The number of hydrogen-bond donors (Lipinski definition) is 0. The first-order valence-electron chi connectivity index (χ1n) is 9.76. The van der Waals surface area contributed by atoms with Gasteiger partial charge in [0.05, 0.1) is 0 Å². The molecule has 5 nitrogen and oxygen atoms in total. The van der Waals surface area contributed by atoms with Crippen LogP contribution in [-0.2, 0) is 6.54 Å². The van der Waals surface area contributed by atoms with Crippen LogP contribution in [0.4, 0.5) is 5.69 Å². The zero-order valence-corrected chi connectivity index (χ0v) is 15.4. The molecule has 2 heterocycles. The minimum atomic E-state index is 0.288. The summed E-state index contributed by atoms with van der Waals surface area (Å²) in [4.78, 5) is 17.0. The highest BCUT2D eigenvalue weighted by Gasteiger charge is 2.30. The lowest BCUT2D eigenvalue weighted by Gasteiger charge is -2.36. The quantitative estimate of drug-likeness (QED) is 0.762. The first-order chi connectivity index (χ1) is 13.3. The maximum absolute atomic E-state index is 12.1. The molecule has 0 spiro atoms. The lowest BCUT2D eigenvalue weighted by Crippen LogP contribution is -2.45. The van der Waals surface area contributed by atoms with Crippen LogP contribution in [0.25, 0.3) is 0 Å². The molecule has 0 N–H and O–H groups in total. The molecule has 140 valence electrons. The summed E-state index contributed by atoms with van der Waals surface area (Å²) in [6.07, 6.45) is 2.12. The molecule has 0 bridgehead atoms. The number of piperazine rings is 1. The van der Waals surface area contributed by atoms with Gasteiger partial charge in [-0.3, -0.25) is 9.69 Å². The standard InChI is InChI=1S/C22H24N2O3/c25-22(17-2-3-17)18-4-6-19(7-5-18)24-11-9-23(10-12-24)14-16-1-8-20-21(13-16)27-15-26-20/h1,4-8,13,17H,2-3,9-12,14-15H2. The predicted molar refractivity (Wildman–Crippen MR) is 104 cm³/mol. The van der Waals surface area contributed by atoms with E-state index in [0.29, 0.717) is 12.6 Å². The molecule has 1 saturated heterocycles. The van der Waals surface area contributed by atoms with E-state index in [9.17, 15) is 4.79 Å². The number of fused-ring (bicyclic) bond motifs is 1. The smallest absolute Gasteiger partial charge is 0.231 e. The Hall–Kier alpha value is -2.53. The van der Waals surface area contributed by atoms with E-state index in [1.54, 1.807) is 0 Å². The van der Waals surface area contributed by atoms with E-state index < -0.39 is 0 Å². The second kappa shape index (κ2) is 6.89. The number of nitrogens with zero attached hydrogens (tertiary/aromatic N) is 2. The Morgan fingerprint density at radius 2 is 1.67 bits per heavy atom. The molecule has 3 aliphatic rings. The number of anilines is 1. The second-order valence-electron chi connectivity index (χ2n) is 7.64. The van der Waals surface area contributed by atoms with Crippen molar-refractivity contribution in [3.05, 3.63) is 53.6 Å². The molecule has 2 aromatic carbocycles. The summed E-state index contributed by atoms with van der Waals surface area (Å²) in [5.41, 5.74) is 3.34. The molecule has 1 aliphatic carbocycles. The van der Waals surface area contributed by atoms with Gasteiger partial charge in [-0.25, -0.2) is 0 Å². The summed E-state index contributed by atoms with van der Waals surface area (Å²) < 4.78 is 10.9. The summed E-state index contributed by atoms with van der Waals surface area (Å²) in [5.74, 6) is 2.30. The molecule has 2 aromatic rings. The van der Waals surface area contributed by atoms with E-state index in [1.807, 2.05) is 18.2 Å².